The summed E-state index contributed by atoms with van der Waals surface area (Å²) in [5.74, 6) is -0.263. The van der Waals surface area contributed by atoms with Crippen molar-refractivity contribution in [3.8, 4) is 6.07 Å². The van der Waals surface area contributed by atoms with Gasteiger partial charge in [-0.15, -0.1) is 0 Å². The molecule has 6 heteroatoms. The average molecular weight is 324 g/mol. The van der Waals surface area contributed by atoms with Crippen LogP contribution >= 0.6 is 27.3 Å². The van der Waals surface area contributed by atoms with Gasteiger partial charge < -0.3 is 9.88 Å². The number of amides is 1. The van der Waals surface area contributed by atoms with Gasteiger partial charge in [-0.1, -0.05) is 0 Å². The minimum atomic E-state index is -0.613. The third kappa shape index (κ3) is 2.63. The molecule has 1 atom stereocenters. The maximum Gasteiger partial charge on any atom is 0.269 e. The average Bonchev–Trinajstić information content (AvgIpc) is 2.95. The Labute approximate surface area is 117 Å². The van der Waals surface area contributed by atoms with E-state index in [2.05, 4.69) is 27.3 Å². The van der Waals surface area contributed by atoms with Crippen LogP contribution in [0.4, 0.5) is 0 Å². The number of halogens is 1. The topological polar surface area (TPSA) is 57.8 Å². The second-order valence-electron chi connectivity index (χ2n) is 3.75. The molecule has 2 aromatic rings. The van der Waals surface area contributed by atoms with E-state index in [1.165, 1.54) is 11.3 Å². The van der Waals surface area contributed by atoms with Crippen molar-refractivity contribution in [2.45, 2.75) is 6.04 Å². The molecule has 92 valence electrons. The van der Waals surface area contributed by atoms with Gasteiger partial charge in [0.05, 0.1) is 6.07 Å². The van der Waals surface area contributed by atoms with E-state index in [9.17, 15) is 4.79 Å². The van der Waals surface area contributed by atoms with Crippen molar-refractivity contribution < 1.29 is 4.79 Å². The number of aryl methyl sites for hydroxylation is 1. The number of hydrogen-bond donors (Lipinski definition) is 1. The van der Waals surface area contributed by atoms with Crippen LogP contribution in [0.1, 0.15) is 22.1 Å². The van der Waals surface area contributed by atoms with Gasteiger partial charge >= 0.3 is 0 Å². The van der Waals surface area contributed by atoms with Gasteiger partial charge in [0.25, 0.3) is 5.91 Å². The van der Waals surface area contributed by atoms with Crippen LogP contribution in [0.25, 0.3) is 0 Å². The number of carbonyl (C=O) groups excluding carboxylic acids is 1. The summed E-state index contributed by atoms with van der Waals surface area (Å²) in [5, 5.41) is 15.5. The molecule has 1 amide bonds. The number of hydrogen-bond acceptors (Lipinski definition) is 3. The first-order chi connectivity index (χ1) is 8.61. The zero-order chi connectivity index (χ0) is 13.1. The molecule has 0 unspecified atom stereocenters. The summed E-state index contributed by atoms with van der Waals surface area (Å²) in [6.07, 6.45) is 1.79. The normalized spacial score (nSPS) is 11.8. The molecular weight excluding hydrogens is 314 g/mol. The number of nitriles is 1. The molecule has 0 fully saturated rings. The third-order valence-corrected chi connectivity index (χ3v) is 3.62. The smallest absolute Gasteiger partial charge is 0.269 e. The van der Waals surface area contributed by atoms with E-state index >= 15 is 0 Å². The molecule has 4 nitrogen and oxygen atoms in total. The first kappa shape index (κ1) is 12.9. The number of carbonyl (C=O) groups is 1. The maximum absolute atomic E-state index is 12.0. The van der Waals surface area contributed by atoms with E-state index in [4.69, 9.17) is 5.26 Å². The lowest BCUT2D eigenvalue weighted by Gasteiger charge is -2.10. The molecule has 1 N–H and O–H groups in total. The van der Waals surface area contributed by atoms with Gasteiger partial charge in [-0.3, -0.25) is 4.79 Å². The van der Waals surface area contributed by atoms with Crippen molar-refractivity contribution in [2.24, 2.45) is 7.05 Å². The number of thiophene rings is 1. The van der Waals surface area contributed by atoms with E-state index < -0.39 is 6.04 Å². The highest BCUT2D eigenvalue weighted by Crippen LogP contribution is 2.18. The van der Waals surface area contributed by atoms with Crippen LogP contribution in [-0.2, 0) is 7.05 Å². The van der Waals surface area contributed by atoms with E-state index in [1.807, 2.05) is 16.8 Å². The Morgan fingerprint density at radius 1 is 1.67 bits per heavy atom. The first-order valence-electron chi connectivity index (χ1n) is 5.16. The fourth-order valence-electron chi connectivity index (χ4n) is 1.58. The van der Waals surface area contributed by atoms with Crippen molar-refractivity contribution >= 4 is 33.2 Å². The highest BCUT2D eigenvalue weighted by atomic mass is 79.9. The van der Waals surface area contributed by atoms with E-state index in [0.29, 0.717) is 5.69 Å². The number of nitrogens with one attached hydrogen (secondary N) is 1. The molecule has 0 aliphatic carbocycles. The second-order valence-corrected chi connectivity index (χ2v) is 5.44. The number of nitrogens with zero attached hydrogens (tertiary/aromatic N) is 2. The first-order valence-corrected chi connectivity index (χ1v) is 6.90. The standard InChI is InChI=1S/C12H10BrN3OS/c1-16-6-9(13)4-11(16)12(17)15-10(5-14)8-2-3-18-7-8/h2-4,6-7,10H,1H3,(H,15,17)/t10-/m1/s1. The molecule has 0 saturated carbocycles. The Hall–Kier alpha value is -1.58. The van der Waals surface area contributed by atoms with Gasteiger partial charge in [0, 0.05) is 17.7 Å². The van der Waals surface area contributed by atoms with Crippen molar-refractivity contribution in [3.63, 3.8) is 0 Å². The SMILES string of the molecule is Cn1cc(Br)cc1C(=O)N[C@H](C#N)c1ccsc1. The lowest BCUT2D eigenvalue weighted by molar-refractivity contribution is 0.0937. The number of rotatable bonds is 3. The fourth-order valence-corrected chi connectivity index (χ4v) is 2.79. The second kappa shape index (κ2) is 5.38. The molecule has 0 radical (unpaired) electrons. The zero-order valence-electron chi connectivity index (χ0n) is 9.55. The van der Waals surface area contributed by atoms with Crippen LogP contribution in [-0.4, -0.2) is 10.5 Å². The van der Waals surface area contributed by atoms with Crippen molar-refractivity contribution in [3.05, 3.63) is 44.8 Å². The van der Waals surface area contributed by atoms with Crippen LogP contribution in [0.5, 0.6) is 0 Å². The van der Waals surface area contributed by atoms with Gasteiger partial charge in [-0.25, -0.2) is 0 Å². The Morgan fingerprint density at radius 3 is 2.94 bits per heavy atom. The van der Waals surface area contributed by atoms with Crippen molar-refractivity contribution in [1.82, 2.24) is 9.88 Å². The van der Waals surface area contributed by atoms with E-state index in [-0.39, 0.29) is 5.91 Å². The molecule has 2 aromatic heterocycles. The molecule has 18 heavy (non-hydrogen) atoms. The highest BCUT2D eigenvalue weighted by Gasteiger charge is 2.17. The summed E-state index contributed by atoms with van der Waals surface area (Å²) in [6, 6.07) is 5.02. The highest BCUT2D eigenvalue weighted by molar-refractivity contribution is 9.10. The fraction of sp³-hybridized carbons (Fsp3) is 0.167. The molecule has 0 aromatic carbocycles. The third-order valence-electron chi connectivity index (χ3n) is 2.49. The Kier molecular flexibility index (Phi) is 3.84. The lowest BCUT2D eigenvalue weighted by Crippen LogP contribution is -2.28. The molecule has 2 rings (SSSR count). The van der Waals surface area contributed by atoms with Crippen molar-refractivity contribution in [1.29, 1.82) is 5.26 Å². The minimum absolute atomic E-state index is 0.263. The van der Waals surface area contributed by atoms with Crippen LogP contribution in [0.3, 0.4) is 0 Å². The quantitative estimate of drug-likeness (QED) is 0.944. The molecular formula is C12H10BrN3OS. The summed E-state index contributed by atoms with van der Waals surface area (Å²) in [4.78, 5) is 12.0. The lowest BCUT2D eigenvalue weighted by atomic mass is 10.1. The van der Waals surface area contributed by atoms with Gasteiger partial charge in [0.2, 0.25) is 0 Å². The predicted molar refractivity (Wildman–Crippen MR) is 73.3 cm³/mol. The summed E-state index contributed by atoms with van der Waals surface area (Å²) in [7, 11) is 1.78. The van der Waals surface area contributed by atoms with E-state index in [1.54, 1.807) is 23.9 Å². The van der Waals surface area contributed by atoms with Crippen LogP contribution in [0.15, 0.2) is 33.6 Å². The summed E-state index contributed by atoms with van der Waals surface area (Å²) >= 11 is 4.81. The van der Waals surface area contributed by atoms with Gasteiger partial charge in [-0.2, -0.15) is 16.6 Å². The largest absolute Gasteiger partial charge is 0.345 e. The maximum atomic E-state index is 12.0. The Balaban J connectivity index is 2.16. The Bertz CT molecular complexity index is 597. The van der Waals surface area contributed by atoms with Crippen LogP contribution in [0, 0.1) is 11.3 Å². The van der Waals surface area contributed by atoms with Crippen molar-refractivity contribution in [2.75, 3.05) is 0 Å². The van der Waals surface area contributed by atoms with Crippen LogP contribution < -0.4 is 5.32 Å². The molecule has 0 bridgehead atoms. The predicted octanol–water partition coefficient (Wildman–Crippen LogP) is 2.84. The summed E-state index contributed by atoms with van der Waals surface area (Å²) in [6.45, 7) is 0. The van der Waals surface area contributed by atoms with Crippen LogP contribution in [0.2, 0.25) is 0 Å². The van der Waals surface area contributed by atoms with Gasteiger partial charge in [0.15, 0.2) is 0 Å². The molecule has 0 spiro atoms. The zero-order valence-corrected chi connectivity index (χ0v) is 12.0. The monoisotopic (exact) mass is 323 g/mol. The summed E-state index contributed by atoms with van der Waals surface area (Å²) < 4.78 is 2.54. The molecule has 2 heterocycles. The number of aromatic nitrogens is 1. The molecule has 0 saturated heterocycles. The van der Waals surface area contributed by atoms with Gasteiger partial charge in [0.1, 0.15) is 11.7 Å². The Morgan fingerprint density at radius 2 is 2.44 bits per heavy atom. The summed E-state index contributed by atoms with van der Waals surface area (Å²) in [5.41, 5.74) is 1.32. The van der Waals surface area contributed by atoms with Gasteiger partial charge in [-0.05, 0) is 44.4 Å². The minimum Gasteiger partial charge on any atom is -0.345 e. The van der Waals surface area contributed by atoms with E-state index in [0.717, 1.165) is 10.0 Å². The molecule has 0 aliphatic heterocycles. The molecule has 0 aliphatic rings.